The van der Waals surface area contributed by atoms with E-state index in [1.165, 1.54) is 6.07 Å². The van der Waals surface area contributed by atoms with Gasteiger partial charge in [0.15, 0.2) is 11.6 Å². The average Bonchev–Trinajstić information content (AvgIpc) is 2.33. The summed E-state index contributed by atoms with van der Waals surface area (Å²) in [5.41, 5.74) is 2.49. The minimum atomic E-state index is -0.834. The normalized spacial score (nSPS) is 10.4. The maximum Gasteiger partial charge on any atom is 0.159 e. The third-order valence-corrected chi connectivity index (χ3v) is 2.67. The van der Waals surface area contributed by atoms with Crippen molar-refractivity contribution in [2.45, 2.75) is 5.88 Å². The van der Waals surface area contributed by atoms with Crippen LogP contribution in [0.3, 0.4) is 0 Å². The Morgan fingerprint density at radius 1 is 0.812 bits per heavy atom. The summed E-state index contributed by atoms with van der Waals surface area (Å²) < 4.78 is 25.8. The van der Waals surface area contributed by atoms with Crippen LogP contribution in [0.25, 0.3) is 11.1 Å². The largest absolute Gasteiger partial charge is 0.204 e. The summed E-state index contributed by atoms with van der Waals surface area (Å²) in [6.07, 6.45) is 0. The van der Waals surface area contributed by atoms with Crippen LogP contribution in [0.15, 0.2) is 42.5 Å². The lowest BCUT2D eigenvalue weighted by Gasteiger charge is -2.03. The van der Waals surface area contributed by atoms with E-state index in [0.717, 1.165) is 17.2 Å². The van der Waals surface area contributed by atoms with Gasteiger partial charge >= 0.3 is 0 Å². The molecule has 2 rings (SSSR count). The molecule has 0 saturated heterocycles. The number of hydrogen-bond donors (Lipinski definition) is 0. The van der Waals surface area contributed by atoms with Crippen molar-refractivity contribution in [2.75, 3.05) is 0 Å². The van der Waals surface area contributed by atoms with Gasteiger partial charge in [0.25, 0.3) is 0 Å². The molecular weight excluding hydrogens is 230 g/mol. The van der Waals surface area contributed by atoms with Gasteiger partial charge in [0.05, 0.1) is 0 Å². The molecule has 0 aliphatic carbocycles. The summed E-state index contributed by atoms with van der Waals surface area (Å²) in [7, 11) is 0. The Morgan fingerprint density at radius 2 is 1.44 bits per heavy atom. The second kappa shape index (κ2) is 4.62. The van der Waals surface area contributed by atoms with E-state index >= 15 is 0 Å². The maximum atomic E-state index is 13.0. The molecular formula is C13H9ClF2. The Bertz CT molecular complexity index is 492. The first-order valence-electron chi connectivity index (χ1n) is 4.81. The molecule has 0 amide bonds. The Balaban J connectivity index is 2.38. The van der Waals surface area contributed by atoms with Gasteiger partial charge in [0, 0.05) is 5.88 Å². The van der Waals surface area contributed by atoms with Crippen molar-refractivity contribution in [1.82, 2.24) is 0 Å². The van der Waals surface area contributed by atoms with E-state index in [1.54, 1.807) is 6.07 Å². The molecule has 0 spiro atoms. The first-order chi connectivity index (χ1) is 7.70. The van der Waals surface area contributed by atoms with Crippen molar-refractivity contribution in [1.29, 1.82) is 0 Å². The standard InChI is InChI=1S/C13H9ClF2/c14-8-9-1-3-10(4-2-9)11-5-6-12(15)13(16)7-11/h1-7H,8H2. The van der Waals surface area contributed by atoms with Crippen molar-refractivity contribution < 1.29 is 8.78 Å². The molecule has 0 nitrogen and oxygen atoms in total. The number of benzene rings is 2. The van der Waals surface area contributed by atoms with Crippen molar-refractivity contribution >= 4 is 11.6 Å². The molecule has 0 bridgehead atoms. The summed E-state index contributed by atoms with van der Waals surface area (Å²) in [5.74, 6) is -1.22. The van der Waals surface area contributed by atoms with Gasteiger partial charge in [0.1, 0.15) is 0 Å². The molecule has 0 saturated carbocycles. The van der Waals surface area contributed by atoms with Gasteiger partial charge < -0.3 is 0 Å². The first-order valence-corrected chi connectivity index (χ1v) is 5.34. The predicted molar refractivity (Wildman–Crippen MR) is 61.4 cm³/mol. The zero-order valence-electron chi connectivity index (χ0n) is 8.38. The fraction of sp³-hybridized carbons (Fsp3) is 0.0769. The van der Waals surface area contributed by atoms with Gasteiger partial charge in [-0.05, 0) is 28.8 Å². The number of rotatable bonds is 2. The molecule has 16 heavy (non-hydrogen) atoms. The highest BCUT2D eigenvalue weighted by molar-refractivity contribution is 6.17. The molecule has 0 radical (unpaired) electrons. The number of hydrogen-bond acceptors (Lipinski definition) is 0. The lowest BCUT2D eigenvalue weighted by atomic mass is 10.0. The second-order valence-electron chi connectivity index (χ2n) is 3.46. The van der Waals surface area contributed by atoms with Crippen LogP contribution in [-0.4, -0.2) is 0 Å². The van der Waals surface area contributed by atoms with Gasteiger partial charge in [-0.25, -0.2) is 8.78 Å². The van der Waals surface area contributed by atoms with Gasteiger partial charge in [0.2, 0.25) is 0 Å². The molecule has 0 N–H and O–H groups in total. The summed E-state index contributed by atoms with van der Waals surface area (Å²) in [6, 6.07) is 11.3. The summed E-state index contributed by atoms with van der Waals surface area (Å²) >= 11 is 5.66. The summed E-state index contributed by atoms with van der Waals surface area (Å²) in [4.78, 5) is 0. The third kappa shape index (κ3) is 2.22. The third-order valence-electron chi connectivity index (χ3n) is 2.36. The fourth-order valence-electron chi connectivity index (χ4n) is 1.46. The molecule has 82 valence electrons. The van der Waals surface area contributed by atoms with E-state index in [2.05, 4.69) is 0 Å². The Kier molecular flexibility index (Phi) is 3.20. The molecule has 2 aromatic rings. The van der Waals surface area contributed by atoms with Crippen LogP contribution < -0.4 is 0 Å². The van der Waals surface area contributed by atoms with Crippen LogP contribution >= 0.6 is 11.6 Å². The van der Waals surface area contributed by atoms with E-state index in [9.17, 15) is 8.78 Å². The summed E-state index contributed by atoms with van der Waals surface area (Å²) in [5, 5.41) is 0. The van der Waals surface area contributed by atoms with Crippen LogP contribution in [0.5, 0.6) is 0 Å². The molecule has 3 heteroatoms. The Hall–Kier alpha value is -1.41. The first kappa shape index (κ1) is 11.1. The van der Waals surface area contributed by atoms with Gasteiger partial charge in [-0.3, -0.25) is 0 Å². The monoisotopic (exact) mass is 238 g/mol. The number of alkyl halides is 1. The molecule has 0 aromatic heterocycles. The Morgan fingerprint density at radius 3 is 2.00 bits per heavy atom. The molecule has 2 aromatic carbocycles. The van der Waals surface area contributed by atoms with Gasteiger partial charge in [-0.2, -0.15) is 0 Å². The zero-order chi connectivity index (χ0) is 11.5. The highest BCUT2D eigenvalue weighted by atomic mass is 35.5. The lowest BCUT2D eigenvalue weighted by Crippen LogP contribution is -1.85. The van der Waals surface area contributed by atoms with Gasteiger partial charge in [-0.15, -0.1) is 11.6 Å². The molecule has 0 aliphatic rings. The van der Waals surface area contributed by atoms with Crippen LogP contribution in [0.1, 0.15) is 5.56 Å². The molecule has 0 atom stereocenters. The van der Waals surface area contributed by atoms with Crippen LogP contribution in [0, 0.1) is 11.6 Å². The highest BCUT2D eigenvalue weighted by Crippen LogP contribution is 2.22. The van der Waals surface area contributed by atoms with Crippen molar-refractivity contribution in [3.63, 3.8) is 0 Å². The topological polar surface area (TPSA) is 0 Å². The van der Waals surface area contributed by atoms with E-state index in [-0.39, 0.29) is 0 Å². The predicted octanol–water partition coefficient (Wildman–Crippen LogP) is 4.37. The zero-order valence-corrected chi connectivity index (χ0v) is 9.14. The smallest absolute Gasteiger partial charge is 0.159 e. The van der Waals surface area contributed by atoms with Crippen molar-refractivity contribution in [3.8, 4) is 11.1 Å². The molecule has 0 heterocycles. The van der Waals surface area contributed by atoms with E-state index in [1.807, 2.05) is 24.3 Å². The SMILES string of the molecule is Fc1ccc(-c2ccc(CCl)cc2)cc1F. The average molecular weight is 239 g/mol. The quantitative estimate of drug-likeness (QED) is 0.682. The molecule has 0 fully saturated rings. The maximum absolute atomic E-state index is 13.0. The van der Waals surface area contributed by atoms with Crippen molar-refractivity contribution in [2.24, 2.45) is 0 Å². The summed E-state index contributed by atoms with van der Waals surface area (Å²) in [6.45, 7) is 0. The van der Waals surface area contributed by atoms with Gasteiger partial charge in [-0.1, -0.05) is 30.3 Å². The minimum Gasteiger partial charge on any atom is -0.204 e. The molecule has 0 aliphatic heterocycles. The van der Waals surface area contributed by atoms with E-state index < -0.39 is 11.6 Å². The van der Waals surface area contributed by atoms with E-state index in [0.29, 0.717) is 11.4 Å². The van der Waals surface area contributed by atoms with Crippen molar-refractivity contribution in [3.05, 3.63) is 59.7 Å². The minimum absolute atomic E-state index is 0.443. The van der Waals surface area contributed by atoms with Crippen LogP contribution in [0.4, 0.5) is 8.78 Å². The lowest BCUT2D eigenvalue weighted by molar-refractivity contribution is 0.509. The number of halogens is 3. The van der Waals surface area contributed by atoms with Crippen LogP contribution in [0.2, 0.25) is 0 Å². The highest BCUT2D eigenvalue weighted by Gasteiger charge is 2.04. The fourth-order valence-corrected chi connectivity index (χ4v) is 1.64. The molecule has 0 unspecified atom stereocenters. The van der Waals surface area contributed by atoms with Crippen LogP contribution in [-0.2, 0) is 5.88 Å². The second-order valence-corrected chi connectivity index (χ2v) is 3.73. The van der Waals surface area contributed by atoms with E-state index in [4.69, 9.17) is 11.6 Å². The Labute approximate surface area is 97.5 Å².